The highest BCUT2D eigenvalue weighted by Crippen LogP contribution is 2.08. The third-order valence-electron chi connectivity index (χ3n) is 3.29. The zero-order valence-electron chi connectivity index (χ0n) is 11.4. The Kier molecular flexibility index (Phi) is 5.40. The lowest BCUT2D eigenvalue weighted by Gasteiger charge is -2.38. The minimum Gasteiger partial charge on any atom is -0.480 e. The van der Waals surface area contributed by atoms with E-state index in [1.807, 2.05) is 0 Å². The predicted molar refractivity (Wildman–Crippen MR) is 68.6 cm³/mol. The lowest BCUT2D eigenvalue weighted by molar-refractivity contribution is -0.137. The summed E-state index contributed by atoms with van der Waals surface area (Å²) in [6.07, 6.45) is 0. The molecule has 1 fully saturated rings. The molecule has 0 bridgehead atoms. The van der Waals surface area contributed by atoms with Gasteiger partial charge in [0.15, 0.2) is 0 Å². The van der Waals surface area contributed by atoms with E-state index < -0.39 is 5.97 Å². The summed E-state index contributed by atoms with van der Waals surface area (Å²) in [7, 11) is 0. The van der Waals surface area contributed by atoms with Gasteiger partial charge >= 0.3 is 12.0 Å². The normalized spacial score (nSPS) is 17.0. The number of nitrogens with zero attached hydrogens (tertiary/aromatic N) is 3. The molecule has 1 aliphatic rings. The third-order valence-corrected chi connectivity index (χ3v) is 3.29. The maximum absolute atomic E-state index is 12.1. The van der Waals surface area contributed by atoms with Crippen molar-refractivity contribution in [2.24, 2.45) is 0 Å². The minimum absolute atomic E-state index is 0.164. The second kappa shape index (κ2) is 6.58. The fourth-order valence-electron chi connectivity index (χ4n) is 2.11. The van der Waals surface area contributed by atoms with Gasteiger partial charge in [0.05, 0.1) is 0 Å². The van der Waals surface area contributed by atoms with Gasteiger partial charge in [-0.15, -0.1) is 0 Å². The number of aliphatic carboxylic acids is 1. The average Bonchev–Trinajstić information content (AvgIpc) is 2.35. The Hall–Kier alpha value is -1.30. The Morgan fingerprint density at radius 1 is 1.22 bits per heavy atom. The van der Waals surface area contributed by atoms with Crippen LogP contribution in [-0.2, 0) is 4.79 Å². The molecule has 6 nitrogen and oxygen atoms in total. The molecule has 0 aromatic carbocycles. The summed E-state index contributed by atoms with van der Waals surface area (Å²) in [6, 6.07) is 0.326. The van der Waals surface area contributed by atoms with Crippen LogP contribution in [0.3, 0.4) is 0 Å². The minimum atomic E-state index is -0.967. The van der Waals surface area contributed by atoms with Gasteiger partial charge in [-0.1, -0.05) is 0 Å². The van der Waals surface area contributed by atoms with E-state index in [1.165, 1.54) is 4.90 Å². The molecule has 0 radical (unpaired) electrons. The molecule has 0 aromatic rings. The van der Waals surface area contributed by atoms with Gasteiger partial charge in [-0.3, -0.25) is 9.69 Å². The molecule has 104 valence electrons. The summed E-state index contributed by atoms with van der Waals surface area (Å²) in [5.74, 6) is -0.967. The number of carbonyl (C=O) groups excluding carboxylic acids is 1. The largest absolute Gasteiger partial charge is 0.480 e. The monoisotopic (exact) mass is 257 g/mol. The standard InChI is InChI=1S/C12H23N3O3/c1-4-13(9-11(16)17)12(18)15-7-5-14(6-8-15)10(2)3/h10H,4-9H2,1-3H3,(H,16,17). The zero-order valence-corrected chi connectivity index (χ0v) is 11.4. The van der Waals surface area contributed by atoms with Crippen LogP contribution in [0.2, 0.25) is 0 Å². The van der Waals surface area contributed by atoms with E-state index in [-0.39, 0.29) is 12.6 Å². The number of urea groups is 1. The summed E-state index contributed by atoms with van der Waals surface area (Å²) in [5.41, 5.74) is 0. The van der Waals surface area contributed by atoms with Crippen LogP contribution < -0.4 is 0 Å². The molecule has 0 unspecified atom stereocenters. The van der Waals surface area contributed by atoms with Crippen LogP contribution in [0, 0.1) is 0 Å². The van der Waals surface area contributed by atoms with Crippen molar-refractivity contribution in [1.29, 1.82) is 0 Å². The van der Waals surface area contributed by atoms with Crippen LogP contribution in [0.15, 0.2) is 0 Å². The molecule has 0 aliphatic carbocycles. The summed E-state index contributed by atoms with van der Waals surface area (Å²) in [5, 5.41) is 8.76. The number of carboxylic acid groups (broad SMARTS) is 1. The molecular formula is C12H23N3O3. The molecule has 0 aromatic heterocycles. The fourth-order valence-corrected chi connectivity index (χ4v) is 2.11. The zero-order chi connectivity index (χ0) is 13.7. The summed E-state index contributed by atoms with van der Waals surface area (Å²) < 4.78 is 0. The SMILES string of the molecule is CCN(CC(=O)O)C(=O)N1CCN(C(C)C)CC1. The molecule has 0 atom stereocenters. The number of piperazine rings is 1. The third kappa shape index (κ3) is 3.87. The molecule has 18 heavy (non-hydrogen) atoms. The molecule has 2 amide bonds. The van der Waals surface area contributed by atoms with Gasteiger partial charge < -0.3 is 14.9 Å². The number of amides is 2. The predicted octanol–water partition coefficient (Wildman–Crippen LogP) is 0.539. The average molecular weight is 257 g/mol. The fraction of sp³-hybridized carbons (Fsp3) is 0.833. The lowest BCUT2D eigenvalue weighted by Crippen LogP contribution is -2.54. The number of carbonyl (C=O) groups is 2. The van der Waals surface area contributed by atoms with Gasteiger partial charge in [0, 0.05) is 38.8 Å². The van der Waals surface area contributed by atoms with E-state index in [2.05, 4.69) is 18.7 Å². The molecule has 0 saturated carbocycles. The van der Waals surface area contributed by atoms with Crippen molar-refractivity contribution in [3.63, 3.8) is 0 Å². The highest BCUT2D eigenvalue weighted by molar-refractivity contribution is 5.80. The summed E-state index contributed by atoms with van der Waals surface area (Å²) in [4.78, 5) is 28.2. The van der Waals surface area contributed by atoms with Gasteiger partial charge in [-0.2, -0.15) is 0 Å². The Bertz CT molecular complexity index is 299. The Morgan fingerprint density at radius 2 is 1.78 bits per heavy atom. The molecular weight excluding hydrogens is 234 g/mol. The topological polar surface area (TPSA) is 64.1 Å². The van der Waals surface area contributed by atoms with Crippen LogP contribution in [-0.4, -0.2) is 77.1 Å². The highest BCUT2D eigenvalue weighted by atomic mass is 16.4. The number of hydrogen-bond acceptors (Lipinski definition) is 3. The van der Waals surface area contributed by atoms with Crippen LogP contribution in [0.5, 0.6) is 0 Å². The van der Waals surface area contributed by atoms with Crippen LogP contribution in [0.1, 0.15) is 20.8 Å². The molecule has 1 rings (SSSR count). The van der Waals surface area contributed by atoms with Crippen molar-refractivity contribution < 1.29 is 14.7 Å². The van der Waals surface area contributed by atoms with E-state index in [0.717, 1.165) is 13.1 Å². The number of carboxylic acids is 1. The summed E-state index contributed by atoms with van der Waals surface area (Å²) in [6.45, 7) is 9.34. The van der Waals surface area contributed by atoms with Crippen molar-refractivity contribution in [2.45, 2.75) is 26.8 Å². The molecule has 6 heteroatoms. The summed E-state index contributed by atoms with van der Waals surface area (Å²) >= 11 is 0. The van der Waals surface area contributed by atoms with Gasteiger partial charge in [-0.05, 0) is 20.8 Å². The van der Waals surface area contributed by atoms with Gasteiger partial charge in [0.25, 0.3) is 0 Å². The second-order valence-electron chi connectivity index (χ2n) is 4.81. The molecule has 1 heterocycles. The van der Waals surface area contributed by atoms with Crippen LogP contribution in [0.25, 0.3) is 0 Å². The number of likely N-dealkylation sites (N-methyl/N-ethyl adjacent to an activating group) is 1. The first-order valence-electron chi connectivity index (χ1n) is 6.45. The quantitative estimate of drug-likeness (QED) is 0.798. The maximum Gasteiger partial charge on any atom is 0.323 e. The molecule has 1 saturated heterocycles. The van der Waals surface area contributed by atoms with E-state index >= 15 is 0 Å². The Balaban J connectivity index is 2.50. The second-order valence-corrected chi connectivity index (χ2v) is 4.81. The van der Waals surface area contributed by atoms with Crippen molar-refractivity contribution in [3.05, 3.63) is 0 Å². The van der Waals surface area contributed by atoms with Crippen molar-refractivity contribution in [2.75, 3.05) is 39.3 Å². The van der Waals surface area contributed by atoms with Gasteiger partial charge in [0.2, 0.25) is 0 Å². The van der Waals surface area contributed by atoms with E-state index in [1.54, 1.807) is 11.8 Å². The van der Waals surface area contributed by atoms with Crippen LogP contribution >= 0.6 is 0 Å². The smallest absolute Gasteiger partial charge is 0.323 e. The number of hydrogen-bond donors (Lipinski definition) is 1. The first kappa shape index (κ1) is 14.8. The van der Waals surface area contributed by atoms with E-state index in [0.29, 0.717) is 25.7 Å². The van der Waals surface area contributed by atoms with Gasteiger partial charge in [-0.25, -0.2) is 4.79 Å². The van der Waals surface area contributed by atoms with Crippen molar-refractivity contribution >= 4 is 12.0 Å². The van der Waals surface area contributed by atoms with Crippen LogP contribution in [0.4, 0.5) is 4.79 Å². The first-order chi connectivity index (χ1) is 8.45. The highest BCUT2D eigenvalue weighted by Gasteiger charge is 2.26. The maximum atomic E-state index is 12.1. The lowest BCUT2D eigenvalue weighted by atomic mass is 10.2. The number of rotatable bonds is 4. The van der Waals surface area contributed by atoms with Gasteiger partial charge in [0.1, 0.15) is 6.54 Å². The Labute approximate surface area is 108 Å². The van der Waals surface area contributed by atoms with E-state index in [9.17, 15) is 9.59 Å². The van der Waals surface area contributed by atoms with Crippen molar-refractivity contribution in [1.82, 2.24) is 14.7 Å². The first-order valence-corrected chi connectivity index (χ1v) is 6.45. The van der Waals surface area contributed by atoms with Crippen molar-refractivity contribution in [3.8, 4) is 0 Å². The Morgan fingerprint density at radius 3 is 2.17 bits per heavy atom. The molecule has 1 N–H and O–H groups in total. The molecule has 0 spiro atoms. The molecule has 1 aliphatic heterocycles. The van der Waals surface area contributed by atoms with E-state index in [4.69, 9.17) is 5.11 Å².